The van der Waals surface area contributed by atoms with Crippen LogP contribution in [0, 0.1) is 0 Å². The summed E-state index contributed by atoms with van der Waals surface area (Å²) in [5, 5.41) is 3.44. The first kappa shape index (κ1) is 18.2. The first-order valence-corrected chi connectivity index (χ1v) is 8.60. The minimum Gasteiger partial charge on any atom is -0.463 e. The summed E-state index contributed by atoms with van der Waals surface area (Å²) >= 11 is 6.12. The molecular formula is C19H19ClFN3O2. The Balaban J connectivity index is 2.05. The minimum absolute atomic E-state index is 0.0471. The van der Waals surface area contributed by atoms with Crippen molar-refractivity contribution < 1.29 is 13.9 Å². The molecular weight excluding hydrogens is 357 g/mol. The summed E-state index contributed by atoms with van der Waals surface area (Å²) in [7, 11) is 0. The highest BCUT2D eigenvalue weighted by Gasteiger charge is 2.18. The Morgan fingerprint density at radius 2 is 2.00 bits per heavy atom. The Bertz CT molecular complexity index is 922. The molecule has 0 aliphatic rings. The normalized spacial score (nSPS) is 11.1. The maximum Gasteiger partial charge on any atom is 0.228 e. The number of alkyl halides is 1. The van der Waals surface area contributed by atoms with E-state index in [0.29, 0.717) is 22.1 Å². The van der Waals surface area contributed by atoms with Gasteiger partial charge in [-0.05, 0) is 50.2 Å². The van der Waals surface area contributed by atoms with Gasteiger partial charge in [-0.15, -0.1) is 0 Å². The van der Waals surface area contributed by atoms with Crippen LogP contribution in [0.4, 0.5) is 4.39 Å². The number of carbonyl (C=O) groups is 1. The highest BCUT2D eigenvalue weighted by atomic mass is 35.5. The van der Waals surface area contributed by atoms with Crippen molar-refractivity contribution in [1.29, 1.82) is 0 Å². The van der Waals surface area contributed by atoms with Crippen molar-refractivity contribution in [1.82, 2.24) is 14.7 Å². The van der Waals surface area contributed by atoms with Crippen LogP contribution in [-0.4, -0.2) is 28.2 Å². The van der Waals surface area contributed by atoms with Crippen molar-refractivity contribution in [2.75, 3.05) is 6.86 Å². The maximum atomic E-state index is 12.3. The van der Waals surface area contributed by atoms with Crippen molar-refractivity contribution in [2.45, 2.75) is 26.3 Å². The lowest BCUT2D eigenvalue weighted by atomic mass is 10.1. The number of imidazole rings is 1. The van der Waals surface area contributed by atoms with Gasteiger partial charge in [0.2, 0.25) is 12.8 Å². The average Bonchev–Trinajstić information content (AvgIpc) is 2.93. The predicted molar refractivity (Wildman–Crippen MR) is 99.2 cm³/mol. The van der Waals surface area contributed by atoms with Gasteiger partial charge in [-0.25, -0.2) is 9.37 Å². The van der Waals surface area contributed by atoms with E-state index in [9.17, 15) is 9.18 Å². The second-order valence-electron chi connectivity index (χ2n) is 6.16. The van der Waals surface area contributed by atoms with Crippen molar-refractivity contribution in [2.24, 2.45) is 0 Å². The number of hydrogen-bond acceptors (Lipinski definition) is 3. The predicted octanol–water partition coefficient (Wildman–Crippen LogP) is 4.03. The summed E-state index contributed by atoms with van der Waals surface area (Å²) in [5.74, 6) is 0.336. The lowest BCUT2D eigenvalue weighted by molar-refractivity contribution is -0.120. The molecule has 2 aromatic heterocycles. The molecule has 7 heteroatoms. The van der Waals surface area contributed by atoms with E-state index in [1.54, 1.807) is 42.6 Å². The average molecular weight is 376 g/mol. The zero-order chi connectivity index (χ0) is 18.7. The van der Waals surface area contributed by atoms with Crippen LogP contribution in [0.3, 0.4) is 0 Å². The summed E-state index contributed by atoms with van der Waals surface area (Å²) < 4.78 is 19.0. The third kappa shape index (κ3) is 3.96. The lowest BCUT2D eigenvalue weighted by Gasteiger charge is -2.10. The van der Waals surface area contributed by atoms with Crippen LogP contribution in [0.2, 0.25) is 5.02 Å². The largest absolute Gasteiger partial charge is 0.463 e. The van der Waals surface area contributed by atoms with E-state index in [2.05, 4.69) is 10.3 Å². The van der Waals surface area contributed by atoms with E-state index in [-0.39, 0.29) is 18.4 Å². The van der Waals surface area contributed by atoms with Gasteiger partial charge in [0.15, 0.2) is 0 Å². The number of carbonyl (C=O) groups excluding carboxylic acids is 1. The molecule has 5 nitrogen and oxygen atoms in total. The maximum absolute atomic E-state index is 12.3. The Hall–Kier alpha value is -2.60. The van der Waals surface area contributed by atoms with Crippen LogP contribution in [-0.2, 0) is 11.2 Å². The van der Waals surface area contributed by atoms with Gasteiger partial charge in [0.1, 0.15) is 11.4 Å². The van der Waals surface area contributed by atoms with Crippen LogP contribution in [0.15, 0.2) is 42.6 Å². The van der Waals surface area contributed by atoms with Gasteiger partial charge >= 0.3 is 0 Å². The van der Waals surface area contributed by atoms with Crippen molar-refractivity contribution in [3.05, 3.63) is 53.3 Å². The second-order valence-corrected chi connectivity index (χ2v) is 6.60. The van der Waals surface area contributed by atoms with Crippen LogP contribution in [0.1, 0.15) is 19.5 Å². The number of fused-ring (bicyclic) bond motifs is 1. The topological polar surface area (TPSA) is 55.6 Å². The second kappa shape index (κ2) is 7.74. The standard InChI is InChI=1S/C19H19ClFN3O2/c1-12(2)22-18(25)9-16-19(13-3-6-15(7-4-13)26-11-21)23-17-8-5-14(20)10-24(16)17/h3-8,10,12H,9,11H2,1-2H3,(H,22,25). The summed E-state index contributed by atoms with van der Waals surface area (Å²) in [4.78, 5) is 17.0. The van der Waals surface area contributed by atoms with Gasteiger partial charge in [-0.2, -0.15) is 0 Å². The fraction of sp³-hybridized carbons (Fsp3) is 0.263. The van der Waals surface area contributed by atoms with Crippen LogP contribution >= 0.6 is 11.6 Å². The van der Waals surface area contributed by atoms with E-state index in [0.717, 1.165) is 11.3 Å². The van der Waals surface area contributed by atoms with Gasteiger partial charge in [0.05, 0.1) is 22.8 Å². The van der Waals surface area contributed by atoms with Crippen LogP contribution in [0.5, 0.6) is 5.75 Å². The molecule has 0 aliphatic heterocycles. The van der Waals surface area contributed by atoms with Crippen LogP contribution in [0.25, 0.3) is 16.9 Å². The number of benzene rings is 1. The molecule has 0 radical (unpaired) electrons. The molecule has 0 atom stereocenters. The molecule has 3 rings (SSSR count). The van der Waals surface area contributed by atoms with Gasteiger partial charge in [0.25, 0.3) is 0 Å². The molecule has 0 unspecified atom stereocenters. The number of pyridine rings is 1. The van der Waals surface area contributed by atoms with Crippen molar-refractivity contribution in [3.8, 4) is 17.0 Å². The molecule has 2 heterocycles. The van der Waals surface area contributed by atoms with E-state index in [1.165, 1.54) is 0 Å². The SMILES string of the molecule is CC(C)NC(=O)Cc1c(-c2ccc(OCF)cc2)nc2ccc(Cl)cn12. The quantitative estimate of drug-likeness (QED) is 0.707. The lowest BCUT2D eigenvalue weighted by Crippen LogP contribution is -2.31. The van der Waals surface area contributed by atoms with Gasteiger partial charge < -0.3 is 14.5 Å². The van der Waals surface area contributed by atoms with Gasteiger partial charge in [-0.1, -0.05) is 11.6 Å². The number of nitrogens with zero attached hydrogens (tertiary/aromatic N) is 2. The molecule has 0 saturated carbocycles. The minimum atomic E-state index is -0.882. The molecule has 0 bridgehead atoms. The number of hydrogen-bond donors (Lipinski definition) is 1. The van der Waals surface area contributed by atoms with Gasteiger partial charge in [0, 0.05) is 17.8 Å². The van der Waals surface area contributed by atoms with E-state index in [1.807, 2.05) is 18.2 Å². The fourth-order valence-electron chi connectivity index (χ4n) is 2.76. The zero-order valence-corrected chi connectivity index (χ0v) is 15.3. The Labute approximate surface area is 155 Å². The number of halogens is 2. The van der Waals surface area contributed by atoms with Crippen molar-refractivity contribution >= 4 is 23.2 Å². The first-order valence-electron chi connectivity index (χ1n) is 8.23. The monoisotopic (exact) mass is 375 g/mol. The third-order valence-corrected chi connectivity index (χ3v) is 4.03. The smallest absolute Gasteiger partial charge is 0.228 e. The summed E-state index contributed by atoms with van der Waals surface area (Å²) in [5.41, 5.74) is 2.92. The Morgan fingerprint density at radius 1 is 1.27 bits per heavy atom. The van der Waals surface area contributed by atoms with Gasteiger partial charge in [-0.3, -0.25) is 4.79 Å². The Kier molecular flexibility index (Phi) is 5.42. The highest BCUT2D eigenvalue weighted by molar-refractivity contribution is 6.30. The summed E-state index contributed by atoms with van der Waals surface area (Å²) in [6, 6.07) is 10.5. The molecule has 0 fully saturated rings. The number of ether oxygens (including phenoxy) is 1. The summed E-state index contributed by atoms with van der Waals surface area (Å²) in [6.45, 7) is 2.94. The molecule has 0 aliphatic carbocycles. The Morgan fingerprint density at radius 3 is 2.65 bits per heavy atom. The van der Waals surface area contributed by atoms with Crippen LogP contribution < -0.4 is 10.1 Å². The molecule has 1 N–H and O–H groups in total. The summed E-state index contributed by atoms with van der Waals surface area (Å²) in [6.07, 6.45) is 1.91. The molecule has 136 valence electrons. The number of aromatic nitrogens is 2. The number of nitrogens with one attached hydrogen (secondary N) is 1. The molecule has 0 saturated heterocycles. The molecule has 26 heavy (non-hydrogen) atoms. The molecule has 1 aromatic carbocycles. The van der Waals surface area contributed by atoms with Crippen molar-refractivity contribution in [3.63, 3.8) is 0 Å². The van der Waals surface area contributed by atoms with E-state index < -0.39 is 6.86 Å². The first-order chi connectivity index (χ1) is 12.5. The third-order valence-electron chi connectivity index (χ3n) is 3.81. The molecule has 0 spiro atoms. The molecule has 3 aromatic rings. The van der Waals surface area contributed by atoms with E-state index in [4.69, 9.17) is 16.3 Å². The zero-order valence-electron chi connectivity index (χ0n) is 14.5. The molecule has 1 amide bonds. The number of rotatable bonds is 6. The number of amides is 1. The van der Waals surface area contributed by atoms with E-state index >= 15 is 0 Å². The fourth-order valence-corrected chi connectivity index (χ4v) is 2.93. The highest BCUT2D eigenvalue weighted by Crippen LogP contribution is 2.28.